The second-order valence-electron chi connectivity index (χ2n) is 9.82. The molecule has 0 radical (unpaired) electrons. The number of hydrogen-bond donors (Lipinski definition) is 3. The number of amides is 3. The summed E-state index contributed by atoms with van der Waals surface area (Å²) in [4.78, 5) is 40.0. The van der Waals surface area contributed by atoms with Gasteiger partial charge in [0.05, 0.1) is 6.61 Å². The van der Waals surface area contributed by atoms with E-state index in [-0.39, 0.29) is 11.9 Å². The highest BCUT2D eigenvalue weighted by molar-refractivity contribution is 5.93. The lowest BCUT2D eigenvalue weighted by Gasteiger charge is -2.32. The summed E-state index contributed by atoms with van der Waals surface area (Å²) in [6.45, 7) is 8.13. The summed E-state index contributed by atoms with van der Waals surface area (Å²) in [5.41, 5.74) is 1.60. The molecule has 2 unspecified atom stereocenters. The lowest BCUT2D eigenvalue weighted by Crippen LogP contribution is -2.53. The van der Waals surface area contributed by atoms with Crippen LogP contribution in [0.2, 0.25) is 0 Å². The van der Waals surface area contributed by atoms with Gasteiger partial charge in [-0.2, -0.15) is 0 Å². The van der Waals surface area contributed by atoms with Gasteiger partial charge in [-0.05, 0) is 58.6 Å². The molecule has 1 fully saturated rings. The molecule has 2 atom stereocenters. The number of carbonyl (C=O) groups is 3. The maximum atomic E-state index is 13.5. The molecule has 1 aromatic carbocycles. The van der Waals surface area contributed by atoms with Crippen molar-refractivity contribution in [1.29, 1.82) is 0 Å². The largest absolute Gasteiger partial charge is 0.444 e. The lowest BCUT2D eigenvalue weighted by molar-refractivity contribution is -0.139. The van der Waals surface area contributed by atoms with E-state index in [9.17, 15) is 19.5 Å². The van der Waals surface area contributed by atoms with E-state index in [1.54, 1.807) is 26.8 Å². The van der Waals surface area contributed by atoms with E-state index in [0.717, 1.165) is 48.1 Å². The summed E-state index contributed by atoms with van der Waals surface area (Å²) >= 11 is 0. The molecule has 1 aliphatic rings. The summed E-state index contributed by atoms with van der Waals surface area (Å²) in [7, 11) is 0. The van der Waals surface area contributed by atoms with E-state index < -0.39 is 36.3 Å². The summed E-state index contributed by atoms with van der Waals surface area (Å²) in [6.07, 6.45) is 9.81. The van der Waals surface area contributed by atoms with E-state index in [1.165, 1.54) is 0 Å². The molecule has 8 heteroatoms. The van der Waals surface area contributed by atoms with E-state index in [2.05, 4.69) is 16.7 Å². The number of terminal acetylenes is 1. The minimum atomic E-state index is -1.37. The minimum absolute atomic E-state index is 0.0118. The van der Waals surface area contributed by atoms with E-state index in [4.69, 9.17) is 11.2 Å². The fraction of sp³-hybridized carbons (Fsp3) is 0.577. The third-order valence-corrected chi connectivity index (χ3v) is 5.73. The number of carbonyl (C=O) groups excluding carboxylic acids is 3. The first-order valence-electron chi connectivity index (χ1n) is 11.7. The van der Waals surface area contributed by atoms with Crippen molar-refractivity contribution in [3.8, 4) is 12.5 Å². The zero-order chi connectivity index (χ0) is 25.5. The number of ether oxygens (including phenoxy) is 1. The zero-order valence-electron chi connectivity index (χ0n) is 20.8. The normalized spacial score (nSPS) is 16.0. The van der Waals surface area contributed by atoms with Gasteiger partial charge in [-0.25, -0.2) is 4.79 Å². The van der Waals surface area contributed by atoms with Crippen molar-refractivity contribution in [3.05, 3.63) is 34.9 Å². The van der Waals surface area contributed by atoms with Crippen LogP contribution >= 0.6 is 0 Å². The Morgan fingerprint density at radius 2 is 1.85 bits per heavy atom. The number of aliphatic hydroxyl groups is 1. The van der Waals surface area contributed by atoms with E-state index in [1.807, 2.05) is 26.0 Å². The van der Waals surface area contributed by atoms with Gasteiger partial charge in [0.15, 0.2) is 0 Å². The Hall–Kier alpha value is -3.05. The van der Waals surface area contributed by atoms with Gasteiger partial charge < -0.3 is 20.5 Å². The van der Waals surface area contributed by atoms with Crippen molar-refractivity contribution >= 4 is 17.9 Å². The molecule has 34 heavy (non-hydrogen) atoms. The number of aryl methyl sites for hydroxylation is 2. The smallest absolute Gasteiger partial charge is 0.408 e. The third kappa shape index (κ3) is 7.49. The van der Waals surface area contributed by atoms with Crippen LogP contribution in [0.3, 0.4) is 0 Å². The van der Waals surface area contributed by atoms with Crippen LogP contribution in [0.4, 0.5) is 4.79 Å². The highest BCUT2D eigenvalue weighted by atomic mass is 16.6. The number of hydrogen-bond acceptors (Lipinski definition) is 5. The summed E-state index contributed by atoms with van der Waals surface area (Å²) in [5.74, 6) is -1.17. The number of rotatable bonds is 7. The summed E-state index contributed by atoms with van der Waals surface area (Å²) in [6, 6.07) is 5.39. The molecule has 0 heterocycles. The number of nitrogens with one attached hydrogen (secondary N) is 2. The molecule has 0 aromatic heterocycles. The van der Waals surface area contributed by atoms with Gasteiger partial charge in [0, 0.05) is 12.1 Å². The fourth-order valence-corrected chi connectivity index (χ4v) is 4.13. The van der Waals surface area contributed by atoms with Crippen LogP contribution in [-0.4, -0.2) is 52.2 Å². The number of nitrogens with zero attached hydrogens (tertiary/aromatic N) is 1. The maximum absolute atomic E-state index is 13.5. The molecule has 8 nitrogen and oxygen atoms in total. The quantitative estimate of drug-likeness (QED) is 0.418. The molecule has 1 aliphatic carbocycles. The first kappa shape index (κ1) is 27.2. The molecule has 0 aliphatic heterocycles. The van der Waals surface area contributed by atoms with Crippen LogP contribution in [0.25, 0.3) is 0 Å². The molecule has 3 N–H and O–H groups in total. The average molecular weight is 472 g/mol. The van der Waals surface area contributed by atoms with Crippen molar-refractivity contribution in [2.75, 3.05) is 6.61 Å². The SMILES string of the molecule is C#CN(C(=O)C(CO)NC(=O)OC(C)(C)C)C(C(=O)NC1CCCCC1)c1ccc(C)cc1C. The Bertz CT molecular complexity index is 925. The highest BCUT2D eigenvalue weighted by Gasteiger charge is 2.37. The van der Waals surface area contributed by atoms with Crippen LogP contribution in [-0.2, 0) is 14.3 Å². The van der Waals surface area contributed by atoms with E-state index >= 15 is 0 Å². The van der Waals surface area contributed by atoms with Crippen LogP contribution < -0.4 is 10.6 Å². The van der Waals surface area contributed by atoms with Gasteiger partial charge in [0.2, 0.25) is 5.91 Å². The number of benzene rings is 1. The van der Waals surface area contributed by atoms with Crippen LogP contribution in [0.1, 0.15) is 75.6 Å². The second kappa shape index (κ2) is 11.9. The second-order valence-corrected chi connectivity index (χ2v) is 9.82. The Balaban J connectivity index is 2.36. The summed E-state index contributed by atoms with van der Waals surface area (Å²) < 4.78 is 5.20. The molecule has 1 saturated carbocycles. The number of aliphatic hydroxyl groups excluding tert-OH is 1. The predicted molar refractivity (Wildman–Crippen MR) is 130 cm³/mol. The van der Waals surface area contributed by atoms with Gasteiger partial charge in [-0.15, -0.1) is 0 Å². The standard InChI is InChI=1S/C26H37N3O5/c1-7-29(24(32)21(16-30)28-25(33)34-26(4,5)6)22(20-14-13-17(2)15-18(20)3)23(31)27-19-11-9-8-10-12-19/h1,13-15,19,21-22,30H,8-12,16H2,2-6H3,(H,27,31)(H,28,33). The van der Waals surface area contributed by atoms with Crippen molar-refractivity contribution in [2.24, 2.45) is 0 Å². The molecule has 186 valence electrons. The topological polar surface area (TPSA) is 108 Å². The average Bonchev–Trinajstić information content (AvgIpc) is 2.75. The first-order chi connectivity index (χ1) is 16.0. The predicted octanol–water partition coefficient (Wildman–Crippen LogP) is 3.10. The van der Waals surface area contributed by atoms with E-state index in [0.29, 0.717) is 5.56 Å². The first-order valence-corrected chi connectivity index (χ1v) is 11.7. The summed E-state index contributed by atoms with van der Waals surface area (Å²) in [5, 5.41) is 15.3. The third-order valence-electron chi connectivity index (χ3n) is 5.73. The fourth-order valence-electron chi connectivity index (χ4n) is 4.13. The monoisotopic (exact) mass is 471 g/mol. The Morgan fingerprint density at radius 1 is 1.21 bits per heavy atom. The minimum Gasteiger partial charge on any atom is -0.444 e. The Kier molecular flexibility index (Phi) is 9.51. The Labute approximate surface area is 202 Å². The lowest BCUT2D eigenvalue weighted by atomic mass is 9.93. The van der Waals surface area contributed by atoms with Crippen molar-refractivity contribution in [1.82, 2.24) is 15.5 Å². The Morgan fingerprint density at radius 3 is 2.38 bits per heavy atom. The zero-order valence-corrected chi connectivity index (χ0v) is 20.8. The van der Waals surface area contributed by atoms with Gasteiger partial charge in [0.25, 0.3) is 5.91 Å². The molecule has 3 amide bonds. The van der Waals surface area contributed by atoms with Crippen molar-refractivity contribution in [2.45, 2.75) is 90.4 Å². The molecular formula is C26H37N3O5. The van der Waals surface area contributed by atoms with Crippen LogP contribution in [0.5, 0.6) is 0 Å². The highest BCUT2D eigenvalue weighted by Crippen LogP contribution is 2.27. The van der Waals surface area contributed by atoms with Gasteiger partial charge in [-0.3, -0.25) is 14.5 Å². The molecule has 2 rings (SSSR count). The number of alkyl carbamates (subject to hydrolysis) is 1. The van der Waals surface area contributed by atoms with Crippen molar-refractivity contribution in [3.63, 3.8) is 0 Å². The maximum Gasteiger partial charge on any atom is 0.408 e. The van der Waals surface area contributed by atoms with Crippen LogP contribution in [0.15, 0.2) is 18.2 Å². The van der Waals surface area contributed by atoms with Crippen LogP contribution in [0, 0.1) is 26.3 Å². The molecule has 0 bridgehead atoms. The van der Waals surface area contributed by atoms with Gasteiger partial charge in [0.1, 0.15) is 17.7 Å². The molecule has 0 saturated heterocycles. The van der Waals surface area contributed by atoms with Gasteiger partial charge >= 0.3 is 6.09 Å². The van der Waals surface area contributed by atoms with Gasteiger partial charge in [-0.1, -0.05) is 49.4 Å². The van der Waals surface area contributed by atoms with Crippen molar-refractivity contribution < 1.29 is 24.2 Å². The molecule has 1 aromatic rings. The molecule has 0 spiro atoms. The molecular weight excluding hydrogens is 434 g/mol.